The van der Waals surface area contributed by atoms with Crippen LogP contribution in [0.3, 0.4) is 0 Å². The first kappa shape index (κ1) is 14.2. The topological polar surface area (TPSA) is 56.5 Å². The van der Waals surface area contributed by atoms with Crippen molar-refractivity contribution in [2.24, 2.45) is 5.73 Å². The predicted molar refractivity (Wildman–Crippen MR) is 72.1 cm³/mol. The van der Waals surface area contributed by atoms with Crippen LogP contribution in [-0.2, 0) is 6.42 Å². The molecule has 0 aliphatic heterocycles. The van der Waals surface area contributed by atoms with Gasteiger partial charge in [0.05, 0.1) is 19.1 Å². The zero-order valence-corrected chi connectivity index (χ0v) is 11.4. The summed E-state index contributed by atoms with van der Waals surface area (Å²) in [6, 6.07) is 4.05. The first-order valence-corrected chi connectivity index (χ1v) is 6.69. The third kappa shape index (κ3) is 3.80. The molecule has 3 N–H and O–H groups in total. The highest BCUT2D eigenvalue weighted by Gasteiger charge is 2.10. The van der Waals surface area contributed by atoms with Crippen molar-refractivity contribution in [3.8, 4) is 11.5 Å². The van der Waals surface area contributed by atoms with Gasteiger partial charge >= 0.3 is 0 Å². The van der Waals surface area contributed by atoms with Gasteiger partial charge < -0.3 is 20.5 Å². The molecular formula is C12H20N2O2S. The molecule has 0 atom stereocenters. The summed E-state index contributed by atoms with van der Waals surface area (Å²) in [6.45, 7) is 1.32. The molecule has 0 aliphatic carbocycles. The second-order valence-electron chi connectivity index (χ2n) is 3.47. The van der Waals surface area contributed by atoms with Gasteiger partial charge in [-0.3, -0.25) is 0 Å². The molecule has 0 bridgehead atoms. The van der Waals surface area contributed by atoms with E-state index in [0.29, 0.717) is 6.67 Å². The maximum absolute atomic E-state index is 5.39. The average Bonchev–Trinajstić information content (AvgIpc) is 2.38. The van der Waals surface area contributed by atoms with Crippen molar-refractivity contribution in [3.63, 3.8) is 0 Å². The summed E-state index contributed by atoms with van der Waals surface area (Å²) in [5.74, 6) is 1.79. The van der Waals surface area contributed by atoms with E-state index in [1.54, 1.807) is 26.0 Å². The number of nitrogens with two attached hydrogens (primary N) is 1. The Balaban J connectivity index is 2.93. The first-order valence-electron chi connectivity index (χ1n) is 5.46. The second-order valence-corrected chi connectivity index (χ2v) is 4.32. The van der Waals surface area contributed by atoms with E-state index in [1.165, 1.54) is 0 Å². The zero-order chi connectivity index (χ0) is 12.7. The summed E-state index contributed by atoms with van der Waals surface area (Å²) < 4.78 is 10.8. The van der Waals surface area contributed by atoms with Gasteiger partial charge in [-0.2, -0.15) is 0 Å². The molecule has 0 unspecified atom stereocenters. The van der Waals surface area contributed by atoms with Crippen LogP contribution in [-0.4, -0.2) is 33.7 Å². The molecule has 0 radical (unpaired) electrons. The number of hydrogen-bond donors (Lipinski definition) is 2. The Morgan fingerprint density at radius 2 is 1.94 bits per heavy atom. The molecule has 17 heavy (non-hydrogen) atoms. The number of hydrogen-bond acceptors (Lipinski definition) is 5. The average molecular weight is 256 g/mol. The minimum absolute atomic E-state index is 0.488. The molecule has 0 aliphatic rings. The van der Waals surface area contributed by atoms with Crippen LogP contribution in [0.2, 0.25) is 0 Å². The van der Waals surface area contributed by atoms with Crippen molar-refractivity contribution < 1.29 is 9.47 Å². The van der Waals surface area contributed by atoms with Crippen molar-refractivity contribution in [1.29, 1.82) is 0 Å². The lowest BCUT2D eigenvalue weighted by Gasteiger charge is -2.13. The molecular weight excluding hydrogens is 236 g/mol. The summed E-state index contributed by atoms with van der Waals surface area (Å²) >= 11 is 1.65. The molecule has 0 amide bonds. The standard InChI is InChI=1S/C12H20N2O2S/c1-15-10-7-12(17-3)11(16-2)6-9(10)4-5-14-8-13/h6-7,14H,4-5,8,13H2,1-3H3. The summed E-state index contributed by atoms with van der Waals surface area (Å²) in [5, 5.41) is 3.09. The van der Waals surface area contributed by atoms with Gasteiger partial charge in [0, 0.05) is 13.2 Å². The van der Waals surface area contributed by atoms with Crippen molar-refractivity contribution in [1.82, 2.24) is 5.32 Å². The van der Waals surface area contributed by atoms with Gasteiger partial charge in [0.1, 0.15) is 11.5 Å². The number of nitrogens with one attached hydrogen (secondary N) is 1. The zero-order valence-electron chi connectivity index (χ0n) is 10.6. The fraction of sp³-hybridized carbons (Fsp3) is 0.500. The molecule has 96 valence electrons. The second kappa shape index (κ2) is 7.42. The molecule has 5 heteroatoms. The summed E-state index contributed by atoms with van der Waals surface area (Å²) in [4.78, 5) is 1.08. The monoisotopic (exact) mass is 256 g/mol. The third-order valence-corrected chi connectivity index (χ3v) is 3.26. The molecule has 4 nitrogen and oxygen atoms in total. The van der Waals surface area contributed by atoms with E-state index in [1.807, 2.05) is 18.4 Å². The number of methoxy groups -OCH3 is 2. The van der Waals surface area contributed by atoms with Crippen LogP contribution in [0, 0.1) is 0 Å². The number of rotatable bonds is 7. The Kier molecular flexibility index (Phi) is 6.18. The van der Waals surface area contributed by atoms with Gasteiger partial charge in [-0.05, 0) is 30.4 Å². The Labute approximate surface area is 107 Å². The minimum atomic E-state index is 0.488. The highest BCUT2D eigenvalue weighted by molar-refractivity contribution is 7.98. The van der Waals surface area contributed by atoms with E-state index < -0.39 is 0 Å². The quantitative estimate of drug-likeness (QED) is 0.439. The fourth-order valence-corrected chi connectivity index (χ4v) is 2.18. The van der Waals surface area contributed by atoms with E-state index in [4.69, 9.17) is 15.2 Å². The SMILES string of the molecule is COc1cc(SC)c(OC)cc1CCNCN. The molecule has 1 aromatic carbocycles. The highest BCUT2D eigenvalue weighted by atomic mass is 32.2. The lowest BCUT2D eigenvalue weighted by atomic mass is 10.1. The Morgan fingerprint density at radius 3 is 2.47 bits per heavy atom. The molecule has 0 saturated heterocycles. The number of benzene rings is 1. The Bertz CT molecular complexity index is 359. The van der Waals surface area contributed by atoms with Crippen LogP contribution >= 0.6 is 11.8 Å². The van der Waals surface area contributed by atoms with Gasteiger partial charge in [-0.25, -0.2) is 0 Å². The van der Waals surface area contributed by atoms with Gasteiger partial charge in [0.25, 0.3) is 0 Å². The van der Waals surface area contributed by atoms with E-state index >= 15 is 0 Å². The van der Waals surface area contributed by atoms with Gasteiger partial charge in [0.15, 0.2) is 0 Å². The molecule has 0 heterocycles. The van der Waals surface area contributed by atoms with Crippen LogP contribution in [0.4, 0.5) is 0 Å². The maximum atomic E-state index is 5.39. The molecule has 1 aromatic rings. The number of thioether (sulfide) groups is 1. The minimum Gasteiger partial charge on any atom is -0.496 e. The van der Waals surface area contributed by atoms with Crippen molar-refractivity contribution in [2.75, 3.05) is 33.7 Å². The van der Waals surface area contributed by atoms with Crippen molar-refractivity contribution in [2.45, 2.75) is 11.3 Å². The van der Waals surface area contributed by atoms with E-state index in [2.05, 4.69) is 5.32 Å². The lowest BCUT2D eigenvalue weighted by Crippen LogP contribution is -2.24. The highest BCUT2D eigenvalue weighted by Crippen LogP contribution is 2.34. The van der Waals surface area contributed by atoms with Crippen molar-refractivity contribution in [3.05, 3.63) is 17.7 Å². The molecule has 1 rings (SSSR count). The van der Waals surface area contributed by atoms with Crippen molar-refractivity contribution >= 4 is 11.8 Å². The van der Waals surface area contributed by atoms with Crippen LogP contribution < -0.4 is 20.5 Å². The van der Waals surface area contributed by atoms with Crippen LogP contribution in [0.15, 0.2) is 17.0 Å². The molecule has 0 aromatic heterocycles. The smallest absolute Gasteiger partial charge is 0.132 e. The summed E-state index contributed by atoms with van der Waals surface area (Å²) in [5.41, 5.74) is 6.52. The van der Waals surface area contributed by atoms with Gasteiger partial charge in [-0.1, -0.05) is 0 Å². The molecule has 0 fully saturated rings. The summed E-state index contributed by atoms with van der Waals surface area (Å²) in [7, 11) is 3.37. The van der Waals surface area contributed by atoms with Crippen LogP contribution in [0.5, 0.6) is 11.5 Å². The van der Waals surface area contributed by atoms with Gasteiger partial charge in [0.2, 0.25) is 0 Å². The fourth-order valence-electron chi connectivity index (χ4n) is 1.61. The van der Waals surface area contributed by atoms with Crippen LogP contribution in [0.25, 0.3) is 0 Å². The summed E-state index contributed by atoms with van der Waals surface area (Å²) in [6.07, 6.45) is 2.89. The normalized spacial score (nSPS) is 10.4. The Morgan fingerprint density at radius 1 is 1.24 bits per heavy atom. The van der Waals surface area contributed by atoms with E-state index in [-0.39, 0.29) is 0 Å². The predicted octanol–water partition coefficient (Wildman–Crippen LogP) is 1.47. The van der Waals surface area contributed by atoms with Crippen LogP contribution in [0.1, 0.15) is 5.56 Å². The Hall–Kier alpha value is -0.910. The van der Waals surface area contributed by atoms with E-state index in [0.717, 1.165) is 34.9 Å². The maximum Gasteiger partial charge on any atom is 0.132 e. The third-order valence-electron chi connectivity index (χ3n) is 2.50. The first-order chi connectivity index (χ1) is 8.26. The molecule has 0 saturated carbocycles. The lowest BCUT2D eigenvalue weighted by molar-refractivity contribution is 0.390. The van der Waals surface area contributed by atoms with Gasteiger partial charge in [-0.15, -0.1) is 11.8 Å². The molecule has 0 spiro atoms. The largest absolute Gasteiger partial charge is 0.496 e. The van der Waals surface area contributed by atoms with E-state index in [9.17, 15) is 0 Å². The number of ether oxygens (including phenoxy) is 2.